The van der Waals surface area contributed by atoms with Crippen LogP contribution in [0.5, 0.6) is 5.75 Å². The summed E-state index contributed by atoms with van der Waals surface area (Å²) in [6, 6.07) is 8.20. The fraction of sp³-hybridized carbons (Fsp3) is 0.500. The van der Waals surface area contributed by atoms with E-state index >= 15 is 4.39 Å². The summed E-state index contributed by atoms with van der Waals surface area (Å²) in [6.45, 7) is 1.92. The van der Waals surface area contributed by atoms with Gasteiger partial charge in [0, 0.05) is 12.3 Å². The SMILES string of the molecule is CC(C(=O)OC1CC1)N(Oc1ccccc1)[PH](=O)OC[C@H]1O[C@@H](n2ccc(=O)[nH]c2=O)[C@](C)(F)[C@@H]1O. The molecule has 2 N–H and O–H groups in total. The standard InChI is InChI=1S/C22H27FN3O9P/c1-13(19(29)33-14-8-9-14)26(35-15-6-4-3-5-7-15)36(31)32-12-16-18(28)22(2,23)20(34-16)25-11-10-17(27)24-21(25)30/h3-7,10-11,13-14,16,18,20,28,36H,8-9,12H2,1-2H3,(H,24,27,30)/t13?,16-,18-,20-,22-/m1/s1. The lowest BCUT2D eigenvalue weighted by Gasteiger charge is -2.27. The number of benzene rings is 1. The third kappa shape index (κ3) is 5.76. The Balaban J connectivity index is 1.46. The van der Waals surface area contributed by atoms with Gasteiger partial charge in [0.05, 0.1) is 6.61 Å². The van der Waals surface area contributed by atoms with E-state index in [1.54, 1.807) is 30.3 Å². The quantitative estimate of drug-likeness (QED) is 0.263. The lowest BCUT2D eigenvalue weighted by atomic mass is 9.98. The minimum absolute atomic E-state index is 0.181. The molecule has 2 fully saturated rings. The molecule has 196 valence electrons. The Morgan fingerprint density at radius 1 is 1.33 bits per heavy atom. The summed E-state index contributed by atoms with van der Waals surface area (Å²) < 4.78 is 45.5. The molecule has 1 aromatic heterocycles. The van der Waals surface area contributed by atoms with Gasteiger partial charge in [-0.1, -0.05) is 23.0 Å². The van der Waals surface area contributed by atoms with E-state index < -0.39 is 62.2 Å². The number of alkyl halides is 1. The first-order valence-electron chi connectivity index (χ1n) is 11.3. The van der Waals surface area contributed by atoms with Crippen LogP contribution in [0.15, 0.2) is 52.2 Å². The molecule has 0 amide bonds. The van der Waals surface area contributed by atoms with Crippen molar-refractivity contribution >= 4 is 14.1 Å². The number of hydrogen-bond donors (Lipinski definition) is 2. The monoisotopic (exact) mass is 527 g/mol. The molecule has 1 aliphatic carbocycles. The Hall–Kier alpha value is -2.83. The Morgan fingerprint density at radius 2 is 2.03 bits per heavy atom. The van der Waals surface area contributed by atoms with E-state index in [4.69, 9.17) is 18.8 Å². The van der Waals surface area contributed by atoms with Crippen molar-refractivity contribution in [3.63, 3.8) is 0 Å². The molecule has 6 atom stereocenters. The summed E-state index contributed by atoms with van der Waals surface area (Å²) >= 11 is 0. The summed E-state index contributed by atoms with van der Waals surface area (Å²) in [5, 5.41) is 10.5. The predicted molar refractivity (Wildman–Crippen MR) is 123 cm³/mol. The molecule has 0 spiro atoms. The smallest absolute Gasteiger partial charge is 0.330 e. The fourth-order valence-corrected chi connectivity index (χ4v) is 4.63. The molecule has 0 bridgehead atoms. The first-order valence-corrected chi connectivity index (χ1v) is 12.6. The maximum absolute atomic E-state index is 15.4. The minimum Gasteiger partial charge on any atom is -0.461 e. The highest BCUT2D eigenvalue weighted by atomic mass is 31.1. The number of aliphatic hydroxyl groups is 1. The molecule has 14 heteroatoms. The average molecular weight is 527 g/mol. The highest BCUT2D eigenvalue weighted by molar-refractivity contribution is 7.36. The van der Waals surface area contributed by atoms with Gasteiger partial charge in [0.25, 0.3) is 13.7 Å². The van der Waals surface area contributed by atoms with E-state index in [0.29, 0.717) is 0 Å². The first-order chi connectivity index (χ1) is 17.1. The van der Waals surface area contributed by atoms with Gasteiger partial charge in [0.1, 0.15) is 30.1 Å². The van der Waals surface area contributed by atoms with Gasteiger partial charge < -0.3 is 23.9 Å². The summed E-state index contributed by atoms with van der Waals surface area (Å²) in [6.07, 6.45) is -2.31. The zero-order valence-corrected chi connectivity index (χ0v) is 20.5. The molecule has 2 aromatic rings. The molecule has 0 radical (unpaired) electrons. The van der Waals surface area contributed by atoms with Crippen molar-refractivity contribution in [2.45, 2.75) is 62.9 Å². The number of rotatable bonds is 10. The van der Waals surface area contributed by atoms with Crippen molar-refractivity contribution in [1.82, 2.24) is 14.4 Å². The van der Waals surface area contributed by atoms with Crippen LogP contribution in [0, 0.1) is 0 Å². The van der Waals surface area contributed by atoms with Crippen LogP contribution in [0.3, 0.4) is 0 Å². The van der Waals surface area contributed by atoms with E-state index in [9.17, 15) is 24.1 Å². The predicted octanol–water partition coefficient (Wildman–Crippen LogP) is 1.32. The van der Waals surface area contributed by atoms with Gasteiger partial charge in [-0.25, -0.2) is 9.18 Å². The van der Waals surface area contributed by atoms with Crippen LogP contribution in [-0.2, 0) is 23.4 Å². The summed E-state index contributed by atoms with van der Waals surface area (Å²) in [4.78, 5) is 44.4. The molecule has 2 aliphatic rings. The molecule has 1 aromatic carbocycles. The van der Waals surface area contributed by atoms with Gasteiger partial charge in [-0.15, -0.1) is 0 Å². The molecule has 1 saturated carbocycles. The number of halogens is 1. The molecule has 2 heterocycles. The van der Waals surface area contributed by atoms with Crippen LogP contribution in [0.2, 0.25) is 0 Å². The normalized spacial score (nSPS) is 27.5. The van der Waals surface area contributed by atoms with Crippen LogP contribution >= 0.6 is 8.18 Å². The zero-order valence-electron chi connectivity index (χ0n) is 19.5. The van der Waals surface area contributed by atoms with Gasteiger partial charge in [-0.3, -0.25) is 23.7 Å². The van der Waals surface area contributed by atoms with Gasteiger partial charge in [-0.05, 0) is 38.8 Å². The largest absolute Gasteiger partial charge is 0.461 e. The van der Waals surface area contributed by atoms with Crippen molar-refractivity contribution in [3.8, 4) is 5.75 Å². The maximum atomic E-state index is 15.4. The Bertz CT molecular complexity index is 1220. The van der Waals surface area contributed by atoms with Crippen molar-refractivity contribution in [2.75, 3.05) is 6.61 Å². The summed E-state index contributed by atoms with van der Waals surface area (Å²) in [5.74, 6) is -0.363. The van der Waals surface area contributed by atoms with E-state index in [2.05, 4.69) is 0 Å². The number of ether oxygens (including phenoxy) is 2. The highest BCUT2D eigenvalue weighted by Crippen LogP contribution is 2.42. The molecule has 2 unspecified atom stereocenters. The number of carbonyl (C=O) groups is 1. The second-order valence-corrected chi connectivity index (χ2v) is 10.0. The van der Waals surface area contributed by atoms with Crippen LogP contribution in [0.1, 0.15) is 32.9 Å². The third-order valence-corrected chi connectivity index (χ3v) is 7.07. The summed E-state index contributed by atoms with van der Waals surface area (Å²) in [7, 11) is -3.30. The number of H-pyrrole nitrogens is 1. The van der Waals surface area contributed by atoms with Gasteiger partial charge in [0.15, 0.2) is 11.9 Å². The molecule has 36 heavy (non-hydrogen) atoms. The Labute approximate surface area is 205 Å². The first kappa shape index (κ1) is 26.2. The number of aromatic amines is 1. The maximum Gasteiger partial charge on any atom is 0.330 e. The topological polar surface area (TPSA) is 149 Å². The highest BCUT2D eigenvalue weighted by Gasteiger charge is 2.55. The molecule has 12 nitrogen and oxygen atoms in total. The molecular weight excluding hydrogens is 500 g/mol. The molecular formula is C22H27FN3O9P. The molecule has 1 saturated heterocycles. The average Bonchev–Trinajstić information content (AvgIpc) is 3.63. The van der Waals surface area contributed by atoms with E-state index in [1.165, 1.54) is 6.92 Å². The van der Waals surface area contributed by atoms with Gasteiger partial charge >= 0.3 is 11.7 Å². The number of para-hydroxylation sites is 1. The van der Waals surface area contributed by atoms with Crippen molar-refractivity contribution in [2.24, 2.45) is 0 Å². The van der Waals surface area contributed by atoms with Crippen molar-refractivity contribution in [3.05, 3.63) is 63.4 Å². The van der Waals surface area contributed by atoms with Gasteiger partial charge in [-0.2, -0.15) is 0 Å². The number of aromatic nitrogens is 2. The van der Waals surface area contributed by atoms with Crippen LogP contribution in [-0.4, -0.2) is 62.1 Å². The van der Waals surface area contributed by atoms with E-state index in [0.717, 1.165) is 41.4 Å². The number of esters is 1. The third-order valence-electron chi connectivity index (χ3n) is 5.82. The van der Waals surface area contributed by atoms with Crippen molar-refractivity contribution < 1.29 is 37.7 Å². The van der Waals surface area contributed by atoms with Gasteiger partial charge in [0.2, 0.25) is 0 Å². The van der Waals surface area contributed by atoms with E-state index in [1.807, 2.05) is 4.98 Å². The summed E-state index contributed by atoms with van der Waals surface area (Å²) in [5.41, 5.74) is -4.06. The zero-order chi connectivity index (χ0) is 26.0. The second kappa shape index (κ2) is 10.7. The van der Waals surface area contributed by atoms with Crippen LogP contribution in [0.4, 0.5) is 4.39 Å². The number of hydrogen-bond acceptors (Lipinski definition) is 9. The molecule has 4 rings (SSSR count). The molecule has 1 aliphatic heterocycles. The number of carbonyl (C=O) groups excluding carboxylic acids is 1. The number of aliphatic hydroxyl groups excluding tert-OH is 1. The Morgan fingerprint density at radius 3 is 2.67 bits per heavy atom. The number of nitrogens with one attached hydrogen (secondary N) is 1. The second-order valence-electron chi connectivity index (χ2n) is 8.76. The lowest BCUT2D eigenvalue weighted by molar-refractivity contribution is -0.156. The van der Waals surface area contributed by atoms with Crippen molar-refractivity contribution in [1.29, 1.82) is 0 Å². The Kier molecular flexibility index (Phi) is 7.76. The number of nitrogens with zero attached hydrogens (tertiary/aromatic N) is 2. The number of hydroxylamine groups is 1. The minimum atomic E-state index is -3.30. The fourth-order valence-electron chi connectivity index (χ4n) is 3.59. The van der Waals surface area contributed by atoms with Crippen LogP contribution in [0.25, 0.3) is 0 Å². The van der Waals surface area contributed by atoms with E-state index in [-0.39, 0.29) is 11.9 Å². The lowest BCUT2D eigenvalue weighted by Crippen LogP contribution is -2.43. The van der Waals surface area contributed by atoms with Crippen LogP contribution < -0.4 is 16.1 Å².